The van der Waals surface area contributed by atoms with Crippen molar-refractivity contribution in [3.8, 4) is 17.2 Å². The van der Waals surface area contributed by atoms with Crippen LogP contribution in [0.25, 0.3) is 33.2 Å². The molecule has 1 saturated heterocycles. The Balaban J connectivity index is 1.41. The number of hydrogen-bond acceptors (Lipinski definition) is 7. The Bertz CT molecular complexity index is 1450. The van der Waals surface area contributed by atoms with Crippen LogP contribution in [-0.4, -0.2) is 42.3 Å². The standard InChI is InChI=1S/C25H24N4O5/c1-29-20-12-16(4-6-21(20)34-25(29)31)18-5-3-15(19-7-10-33-23(18)19)11-17(13-26)28-24(30)22-14-27-8-2-9-32-22/h3-7,10,12,17,22,27H,2,8-9,11,14H2,1H3,(H,28,30)/t17-,22-/m0/s1. The van der Waals surface area contributed by atoms with Crippen LogP contribution in [0.1, 0.15) is 12.0 Å². The number of aromatic nitrogens is 1. The number of nitriles is 1. The molecule has 34 heavy (non-hydrogen) atoms. The molecule has 0 saturated carbocycles. The van der Waals surface area contributed by atoms with Crippen molar-refractivity contribution >= 4 is 28.0 Å². The van der Waals surface area contributed by atoms with Gasteiger partial charge in [-0.05, 0) is 42.3 Å². The zero-order valence-corrected chi connectivity index (χ0v) is 18.7. The van der Waals surface area contributed by atoms with Crippen molar-refractivity contribution in [3.05, 3.63) is 58.8 Å². The number of ether oxygens (including phenoxy) is 1. The Labute approximate surface area is 194 Å². The van der Waals surface area contributed by atoms with Gasteiger partial charge in [-0.3, -0.25) is 9.36 Å². The lowest BCUT2D eigenvalue weighted by Gasteiger charge is -2.18. The van der Waals surface area contributed by atoms with E-state index in [1.807, 2.05) is 30.3 Å². The number of amides is 1. The van der Waals surface area contributed by atoms with Gasteiger partial charge in [0.1, 0.15) is 17.7 Å². The van der Waals surface area contributed by atoms with E-state index in [0.717, 1.165) is 35.0 Å². The molecule has 2 aromatic carbocycles. The van der Waals surface area contributed by atoms with Gasteiger partial charge in [-0.25, -0.2) is 4.79 Å². The van der Waals surface area contributed by atoms with Crippen LogP contribution in [0.5, 0.6) is 0 Å². The number of fused-ring (bicyclic) bond motifs is 2. The van der Waals surface area contributed by atoms with E-state index in [1.165, 1.54) is 4.57 Å². The lowest BCUT2D eigenvalue weighted by molar-refractivity contribution is -0.132. The molecule has 2 aromatic heterocycles. The Hall–Kier alpha value is -3.87. The number of nitrogens with one attached hydrogen (secondary N) is 2. The Morgan fingerprint density at radius 3 is 3.06 bits per heavy atom. The van der Waals surface area contributed by atoms with Crippen LogP contribution >= 0.6 is 0 Å². The summed E-state index contributed by atoms with van der Waals surface area (Å²) in [5.41, 5.74) is 4.49. The average Bonchev–Trinajstić information content (AvgIpc) is 3.32. The molecule has 0 bridgehead atoms. The fourth-order valence-corrected chi connectivity index (χ4v) is 4.32. The molecule has 4 aromatic rings. The number of carbonyl (C=O) groups is 1. The SMILES string of the molecule is Cn1c(=O)oc2ccc(-c3ccc(C[C@@H](C#N)NC(=O)[C@@H]4CNCCCO4)c4ccoc34)cc21. The third-order valence-corrected chi connectivity index (χ3v) is 6.14. The monoisotopic (exact) mass is 460 g/mol. The van der Waals surface area contributed by atoms with E-state index in [9.17, 15) is 14.9 Å². The van der Waals surface area contributed by atoms with Crippen LogP contribution in [0.3, 0.4) is 0 Å². The number of aryl methyl sites for hydroxylation is 1. The normalized spacial score (nSPS) is 17.4. The molecule has 0 spiro atoms. The van der Waals surface area contributed by atoms with Gasteiger partial charge >= 0.3 is 5.76 Å². The Kier molecular flexibility index (Phi) is 5.92. The van der Waals surface area contributed by atoms with Gasteiger partial charge in [0.05, 0.1) is 17.8 Å². The molecule has 5 rings (SSSR count). The summed E-state index contributed by atoms with van der Waals surface area (Å²) in [6.07, 6.45) is 2.17. The minimum absolute atomic E-state index is 0.292. The van der Waals surface area contributed by atoms with E-state index in [0.29, 0.717) is 36.3 Å². The van der Waals surface area contributed by atoms with Crippen molar-refractivity contribution in [3.63, 3.8) is 0 Å². The summed E-state index contributed by atoms with van der Waals surface area (Å²) in [4.78, 5) is 24.5. The lowest BCUT2D eigenvalue weighted by atomic mass is 9.96. The topological polar surface area (TPSA) is 122 Å². The second-order valence-electron chi connectivity index (χ2n) is 8.36. The van der Waals surface area contributed by atoms with E-state index in [4.69, 9.17) is 13.6 Å². The first-order valence-corrected chi connectivity index (χ1v) is 11.2. The second-order valence-corrected chi connectivity index (χ2v) is 8.36. The molecule has 1 aliphatic rings. The molecule has 2 atom stereocenters. The van der Waals surface area contributed by atoms with Gasteiger partial charge in [-0.1, -0.05) is 18.2 Å². The Morgan fingerprint density at radius 2 is 2.21 bits per heavy atom. The maximum absolute atomic E-state index is 12.6. The van der Waals surface area contributed by atoms with Crippen molar-refractivity contribution in [2.45, 2.75) is 25.0 Å². The van der Waals surface area contributed by atoms with Crippen LogP contribution in [0.4, 0.5) is 0 Å². The van der Waals surface area contributed by atoms with E-state index in [1.54, 1.807) is 19.4 Å². The summed E-state index contributed by atoms with van der Waals surface area (Å²) in [6.45, 7) is 1.75. The number of nitrogens with zero attached hydrogens (tertiary/aromatic N) is 2. The molecule has 1 amide bonds. The van der Waals surface area contributed by atoms with Crippen LogP contribution in [-0.2, 0) is 23.0 Å². The molecule has 0 unspecified atom stereocenters. The number of benzene rings is 2. The van der Waals surface area contributed by atoms with Crippen molar-refractivity contribution in [2.75, 3.05) is 19.7 Å². The number of oxazole rings is 1. The quantitative estimate of drug-likeness (QED) is 0.469. The molecule has 174 valence electrons. The zero-order valence-electron chi connectivity index (χ0n) is 18.7. The molecule has 0 radical (unpaired) electrons. The van der Waals surface area contributed by atoms with Gasteiger partial charge in [-0.15, -0.1) is 0 Å². The lowest BCUT2D eigenvalue weighted by Crippen LogP contribution is -2.46. The summed E-state index contributed by atoms with van der Waals surface area (Å²) in [7, 11) is 1.66. The number of hydrogen-bond donors (Lipinski definition) is 2. The Morgan fingerprint density at radius 1 is 1.32 bits per heavy atom. The smallest absolute Gasteiger partial charge is 0.419 e. The highest BCUT2D eigenvalue weighted by Crippen LogP contribution is 2.33. The van der Waals surface area contributed by atoms with Crippen molar-refractivity contribution in [1.29, 1.82) is 5.26 Å². The van der Waals surface area contributed by atoms with E-state index < -0.39 is 17.9 Å². The summed E-state index contributed by atoms with van der Waals surface area (Å²) >= 11 is 0. The summed E-state index contributed by atoms with van der Waals surface area (Å²) in [5.74, 6) is -0.708. The first-order valence-electron chi connectivity index (χ1n) is 11.2. The minimum atomic E-state index is -0.708. The molecule has 2 N–H and O–H groups in total. The molecule has 3 heterocycles. The predicted octanol–water partition coefficient (Wildman–Crippen LogP) is 2.47. The van der Waals surface area contributed by atoms with Crippen LogP contribution < -0.4 is 16.4 Å². The second kappa shape index (κ2) is 9.17. The maximum Gasteiger partial charge on any atom is 0.419 e. The molecular weight excluding hydrogens is 436 g/mol. The molecular formula is C25H24N4O5. The fraction of sp³-hybridized carbons (Fsp3) is 0.320. The third-order valence-electron chi connectivity index (χ3n) is 6.14. The van der Waals surface area contributed by atoms with Crippen LogP contribution in [0.15, 0.2) is 56.3 Å². The number of rotatable bonds is 5. The minimum Gasteiger partial charge on any atom is -0.464 e. The third kappa shape index (κ3) is 4.09. The van der Waals surface area contributed by atoms with Gasteiger partial charge in [-0.2, -0.15) is 5.26 Å². The zero-order chi connectivity index (χ0) is 23.7. The summed E-state index contributed by atoms with van der Waals surface area (Å²) < 4.78 is 18.1. The van der Waals surface area contributed by atoms with Gasteiger partial charge in [0, 0.05) is 37.6 Å². The highest BCUT2D eigenvalue weighted by atomic mass is 16.5. The van der Waals surface area contributed by atoms with Gasteiger partial charge < -0.3 is 24.2 Å². The fourth-order valence-electron chi connectivity index (χ4n) is 4.32. The molecule has 1 fully saturated rings. The van der Waals surface area contributed by atoms with Gasteiger partial charge in [0.25, 0.3) is 5.91 Å². The van der Waals surface area contributed by atoms with Crippen LogP contribution in [0, 0.1) is 11.3 Å². The number of furan rings is 1. The van der Waals surface area contributed by atoms with E-state index >= 15 is 0 Å². The average molecular weight is 460 g/mol. The molecule has 9 nitrogen and oxygen atoms in total. The van der Waals surface area contributed by atoms with Crippen molar-refractivity contribution in [1.82, 2.24) is 15.2 Å². The number of carbonyl (C=O) groups excluding carboxylic acids is 1. The van der Waals surface area contributed by atoms with Crippen molar-refractivity contribution in [2.24, 2.45) is 7.05 Å². The largest absolute Gasteiger partial charge is 0.464 e. The first-order chi connectivity index (χ1) is 16.5. The molecule has 0 aliphatic carbocycles. The first kappa shape index (κ1) is 21.9. The van der Waals surface area contributed by atoms with Crippen molar-refractivity contribution < 1.29 is 18.4 Å². The summed E-state index contributed by atoms with van der Waals surface area (Å²) in [5, 5.41) is 16.5. The molecule has 9 heteroatoms. The highest BCUT2D eigenvalue weighted by molar-refractivity contribution is 5.96. The van der Waals surface area contributed by atoms with Gasteiger partial charge in [0.2, 0.25) is 0 Å². The van der Waals surface area contributed by atoms with E-state index in [2.05, 4.69) is 16.7 Å². The summed E-state index contributed by atoms with van der Waals surface area (Å²) in [6, 6.07) is 12.7. The molecule has 1 aliphatic heterocycles. The maximum atomic E-state index is 12.6. The highest BCUT2D eigenvalue weighted by Gasteiger charge is 2.24. The van der Waals surface area contributed by atoms with Crippen LogP contribution in [0.2, 0.25) is 0 Å². The van der Waals surface area contributed by atoms with E-state index in [-0.39, 0.29) is 5.91 Å². The van der Waals surface area contributed by atoms with Gasteiger partial charge in [0.15, 0.2) is 5.58 Å². The predicted molar refractivity (Wildman–Crippen MR) is 125 cm³/mol.